The van der Waals surface area contributed by atoms with Gasteiger partial charge in [-0.25, -0.2) is 4.39 Å². The number of aromatic nitrogens is 2. The molecular weight excluding hydrogens is 277 g/mol. The van der Waals surface area contributed by atoms with Crippen molar-refractivity contribution in [2.75, 3.05) is 5.73 Å². The van der Waals surface area contributed by atoms with Crippen LogP contribution in [-0.2, 0) is 0 Å². The zero-order valence-electron chi connectivity index (χ0n) is 8.00. The monoisotopic (exact) mass is 283 g/mol. The fourth-order valence-electron chi connectivity index (χ4n) is 1.30. The maximum atomic E-state index is 13.6. The van der Waals surface area contributed by atoms with Crippen molar-refractivity contribution >= 4 is 27.5 Å². The highest BCUT2D eigenvalue weighted by Crippen LogP contribution is 2.22. The molecule has 2 aromatic rings. The van der Waals surface area contributed by atoms with E-state index in [-0.39, 0.29) is 21.4 Å². The lowest BCUT2D eigenvalue weighted by molar-refractivity contribution is 0.103. The van der Waals surface area contributed by atoms with Crippen molar-refractivity contribution in [2.45, 2.75) is 0 Å². The molecule has 0 atom stereocenters. The van der Waals surface area contributed by atoms with E-state index in [1.165, 1.54) is 18.3 Å². The molecule has 0 unspecified atom stereocenters. The Morgan fingerprint density at radius 3 is 2.81 bits per heavy atom. The van der Waals surface area contributed by atoms with E-state index in [0.717, 1.165) is 0 Å². The van der Waals surface area contributed by atoms with E-state index in [4.69, 9.17) is 5.73 Å². The molecule has 1 aromatic carbocycles. The van der Waals surface area contributed by atoms with E-state index in [1.807, 2.05) is 0 Å². The fourth-order valence-corrected chi connectivity index (χ4v) is 1.67. The van der Waals surface area contributed by atoms with Crippen molar-refractivity contribution in [1.29, 1.82) is 0 Å². The van der Waals surface area contributed by atoms with Crippen LogP contribution in [0.25, 0.3) is 0 Å². The minimum absolute atomic E-state index is 0.0394. The van der Waals surface area contributed by atoms with Gasteiger partial charge in [0.1, 0.15) is 11.6 Å². The first-order valence-corrected chi connectivity index (χ1v) is 5.18. The maximum Gasteiger partial charge on any atom is 0.201 e. The topological polar surface area (TPSA) is 71.8 Å². The number of anilines is 1. The van der Waals surface area contributed by atoms with E-state index in [1.54, 1.807) is 6.07 Å². The van der Waals surface area contributed by atoms with Crippen LogP contribution in [0, 0.1) is 5.82 Å². The van der Waals surface area contributed by atoms with E-state index < -0.39 is 11.6 Å². The molecule has 1 aromatic heterocycles. The summed E-state index contributed by atoms with van der Waals surface area (Å²) in [5, 5.41) is 6.04. The highest BCUT2D eigenvalue weighted by atomic mass is 79.9. The van der Waals surface area contributed by atoms with Crippen LogP contribution >= 0.6 is 15.9 Å². The second kappa shape index (κ2) is 4.05. The molecule has 3 N–H and O–H groups in total. The Morgan fingerprint density at radius 1 is 1.44 bits per heavy atom. The molecule has 0 aliphatic heterocycles. The fraction of sp³-hybridized carbons (Fsp3) is 0. The number of rotatable bonds is 2. The number of carbonyl (C=O) groups excluding carboxylic acids is 1. The normalized spacial score (nSPS) is 10.4. The van der Waals surface area contributed by atoms with Gasteiger partial charge in [-0.3, -0.25) is 9.89 Å². The molecule has 0 radical (unpaired) electrons. The van der Waals surface area contributed by atoms with Gasteiger partial charge in [-0.1, -0.05) is 6.07 Å². The van der Waals surface area contributed by atoms with Crippen molar-refractivity contribution < 1.29 is 9.18 Å². The van der Waals surface area contributed by atoms with Crippen molar-refractivity contribution in [2.24, 2.45) is 0 Å². The molecule has 4 nitrogen and oxygen atoms in total. The van der Waals surface area contributed by atoms with E-state index >= 15 is 0 Å². The van der Waals surface area contributed by atoms with Crippen LogP contribution in [0.4, 0.5) is 10.2 Å². The molecule has 0 fully saturated rings. The molecule has 0 bridgehead atoms. The second-order valence-electron chi connectivity index (χ2n) is 3.13. The largest absolute Gasteiger partial charge is 0.383 e. The summed E-state index contributed by atoms with van der Waals surface area (Å²) in [5.74, 6) is -0.970. The second-order valence-corrected chi connectivity index (χ2v) is 3.98. The van der Waals surface area contributed by atoms with Crippen molar-refractivity contribution in [3.8, 4) is 0 Å². The number of halogens is 2. The molecule has 16 heavy (non-hydrogen) atoms. The summed E-state index contributed by atoms with van der Waals surface area (Å²) in [6.45, 7) is 0. The SMILES string of the molecule is Nc1[nH]ncc1C(=O)c1cccc(Br)c1F. The minimum atomic E-state index is -0.604. The van der Waals surface area contributed by atoms with Crippen molar-refractivity contribution in [3.63, 3.8) is 0 Å². The zero-order valence-corrected chi connectivity index (χ0v) is 9.58. The number of hydrogen-bond donors (Lipinski definition) is 2. The average Bonchev–Trinajstić information content (AvgIpc) is 2.68. The van der Waals surface area contributed by atoms with Gasteiger partial charge in [-0.15, -0.1) is 0 Å². The number of nitrogens with one attached hydrogen (secondary N) is 1. The molecule has 0 saturated heterocycles. The number of H-pyrrole nitrogens is 1. The third-order valence-corrected chi connectivity index (χ3v) is 2.72. The Bertz CT molecular complexity index is 553. The lowest BCUT2D eigenvalue weighted by Gasteiger charge is -2.02. The first kappa shape index (κ1) is 10.8. The van der Waals surface area contributed by atoms with Gasteiger partial charge >= 0.3 is 0 Å². The molecule has 82 valence electrons. The number of hydrogen-bond acceptors (Lipinski definition) is 3. The van der Waals surface area contributed by atoms with Crippen molar-refractivity contribution in [1.82, 2.24) is 10.2 Å². The zero-order chi connectivity index (χ0) is 11.7. The van der Waals surface area contributed by atoms with Crippen LogP contribution in [0.1, 0.15) is 15.9 Å². The summed E-state index contributed by atoms with van der Waals surface area (Å²) in [6, 6.07) is 4.50. The number of aromatic amines is 1. The molecular formula is C10H7BrFN3O. The third-order valence-electron chi connectivity index (χ3n) is 2.11. The number of nitrogen functional groups attached to an aromatic ring is 1. The molecule has 0 aliphatic carbocycles. The van der Waals surface area contributed by atoms with Gasteiger partial charge in [-0.05, 0) is 28.1 Å². The van der Waals surface area contributed by atoms with Crippen LogP contribution in [-0.4, -0.2) is 16.0 Å². The number of ketones is 1. The summed E-state index contributed by atoms with van der Waals surface area (Å²) >= 11 is 3.01. The number of nitrogens with two attached hydrogens (primary N) is 1. The third kappa shape index (κ3) is 1.71. The summed E-state index contributed by atoms with van der Waals surface area (Å²) < 4.78 is 13.9. The quantitative estimate of drug-likeness (QED) is 0.830. The maximum absolute atomic E-state index is 13.6. The number of nitrogens with zero attached hydrogens (tertiary/aromatic N) is 1. The number of benzene rings is 1. The van der Waals surface area contributed by atoms with Gasteiger partial charge in [0.15, 0.2) is 0 Å². The molecule has 0 saturated carbocycles. The van der Waals surface area contributed by atoms with E-state index in [2.05, 4.69) is 26.1 Å². The van der Waals surface area contributed by atoms with Gasteiger partial charge in [0.2, 0.25) is 5.78 Å². The van der Waals surface area contributed by atoms with Crippen LogP contribution in [0.15, 0.2) is 28.9 Å². The molecule has 6 heteroatoms. The van der Waals surface area contributed by atoms with Crippen LogP contribution in [0.3, 0.4) is 0 Å². The van der Waals surface area contributed by atoms with Gasteiger partial charge < -0.3 is 5.73 Å². The smallest absolute Gasteiger partial charge is 0.201 e. The number of carbonyl (C=O) groups is 1. The Hall–Kier alpha value is -1.69. The summed E-state index contributed by atoms with van der Waals surface area (Å²) in [6.07, 6.45) is 1.28. The molecule has 0 spiro atoms. The molecule has 0 aliphatic rings. The Labute approximate surface area is 98.8 Å². The van der Waals surface area contributed by atoms with Gasteiger partial charge in [0, 0.05) is 0 Å². The predicted octanol–water partition coefficient (Wildman–Crippen LogP) is 2.12. The summed E-state index contributed by atoms with van der Waals surface area (Å²) in [4.78, 5) is 11.9. The standard InChI is InChI=1S/C10H7BrFN3O/c11-7-3-1-2-5(8(7)12)9(16)6-4-14-15-10(6)13/h1-4H,(H3,13,14,15). The first-order chi connectivity index (χ1) is 7.61. The van der Waals surface area contributed by atoms with Crippen molar-refractivity contribution in [3.05, 3.63) is 45.8 Å². The highest BCUT2D eigenvalue weighted by Gasteiger charge is 2.18. The Balaban J connectivity index is 2.50. The van der Waals surface area contributed by atoms with E-state index in [0.29, 0.717) is 0 Å². The summed E-state index contributed by atoms with van der Waals surface area (Å²) in [5.41, 5.74) is 5.62. The average molecular weight is 284 g/mol. The van der Waals surface area contributed by atoms with Gasteiger partial charge in [-0.2, -0.15) is 5.10 Å². The van der Waals surface area contributed by atoms with Gasteiger partial charge in [0.25, 0.3) is 0 Å². The van der Waals surface area contributed by atoms with Crippen LogP contribution < -0.4 is 5.73 Å². The lowest BCUT2D eigenvalue weighted by atomic mass is 10.1. The summed E-state index contributed by atoms with van der Waals surface area (Å²) in [7, 11) is 0. The van der Waals surface area contributed by atoms with E-state index in [9.17, 15) is 9.18 Å². The lowest BCUT2D eigenvalue weighted by Crippen LogP contribution is -2.06. The molecule has 0 amide bonds. The van der Waals surface area contributed by atoms with Crippen LogP contribution in [0.2, 0.25) is 0 Å². The Morgan fingerprint density at radius 2 is 2.19 bits per heavy atom. The minimum Gasteiger partial charge on any atom is -0.383 e. The molecule has 1 heterocycles. The predicted molar refractivity (Wildman–Crippen MR) is 60.5 cm³/mol. The van der Waals surface area contributed by atoms with Gasteiger partial charge in [0.05, 0.1) is 21.8 Å². The van der Waals surface area contributed by atoms with Crippen LogP contribution in [0.5, 0.6) is 0 Å². The molecule has 2 rings (SSSR count). The highest BCUT2D eigenvalue weighted by molar-refractivity contribution is 9.10. The first-order valence-electron chi connectivity index (χ1n) is 4.39. The Kier molecular flexibility index (Phi) is 2.74.